The number of piperazine rings is 1. The quantitative estimate of drug-likeness (QED) is 0.939. The molecule has 0 atom stereocenters. The van der Waals surface area contributed by atoms with Crippen LogP contribution in [-0.2, 0) is 0 Å². The molecular formula is C19H27N5. The van der Waals surface area contributed by atoms with E-state index in [2.05, 4.69) is 46.4 Å². The SMILES string of the molecule is CN1CCN(c2nc(NC3CCCCC3)c3ccccc3n2)CC1. The van der Waals surface area contributed by atoms with E-state index >= 15 is 0 Å². The van der Waals surface area contributed by atoms with Crippen molar-refractivity contribution in [2.45, 2.75) is 38.1 Å². The molecular weight excluding hydrogens is 298 g/mol. The van der Waals surface area contributed by atoms with Crippen molar-refractivity contribution in [3.8, 4) is 0 Å². The molecule has 2 fully saturated rings. The molecule has 0 amide bonds. The van der Waals surface area contributed by atoms with E-state index in [0.29, 0.717) is 6.04 Å². The molecule has 2 aromatic rings. The Balaban J connectivity index is 1.65. The fraction of sp³-hybridized carbons (Fsp3) is 0.579. The van der Waals surface area contributed by atoms with Gasteiger partial charge in [0, 0.05) is 37.6 Å². The summed E-state index contributed by atoms with van der Waals surface area (Å²) in [5.41, 5.74) is 1.04. The molecule has 1 N–H and O–H groups in total. The summed E-state index contributed by atoms with van der Waals surface area (Å²) < 4.78 is 0. The highest BCUT2D eigenvalue weighted by atomic mass is 15.3. The number of nitrogens with one attached hydrogen (secondary N) is 1. The lowest BCUT2D eigenvalue weighted by atomic mass is 9.95. The predicted molar refractivity (Wildman–Crippen MR) is 99.7 cm³/mol. The van der Waals surface area contributed by atoms with Crippen LogP contribution in [0.25, 0.3) is 10.9 Å². The van der Waals surface area contributed by atoms with E-state index in [-0.39, 0.29) is 0 Å². The molecule has 1 saturated heterocycles. The van der Waals surface area contributed by atoms with Gasteiger partial charge in [0.2, 0.25) is 5.95 Å². The molecule has 0 bridgehead atoms. The first kappa shape index (κ1) is 15.6. The highest BCUT2D eigenvalue weighted by molar-refractivity contribution is 5.90. The van der Waals surface area contributed by atoms with Crippen molar-refractivity contribution < 1.29 is 0 Å². The summed E-state index contributed by atoms with van der Waals surface area (Å²) in [5, 5.41) is 4.86. The second-order valence-electron chi connectivity index (χ2n) is 7.16. The highest BCUT2D eigenvalue weighted by Gasteiger charge is 2.20. The molecule has 0 spiro atoms. The van der Waals surface area contributed by atoms with Crippen molar-refractivity contribution >= 4 is 22.7 Å². The lowest BCUT2D eigenvalue weighted by Gasteiger charge is -2.33. The number of benzene rings is 1. The summed E-state index contributed by atoms with van der Waals surface area (Å²) in [6, 6.07) is 8.93. The number of fused-ring (bicyclic) bond motifs is 1. The van der Waals surface area contributed by atoms with E-state index in [1.165, 1.54) is 32.1 Å². The Morgan fingerprint density at radius 1 is 0.958 bits per heavy atom. The fourth-order valence-electron chi connectivity index (χ4n) is 3.76. The minimum Gasteiger partial charge on any atom is -0.367 e. The standard InChI is InChI=1S/C19H27N5/c1-23-11-13-24(14-12-23)19-21-17-10-6-5-9-16(17)18(22-19)20-15-7-3-2-4-8-15/h5-6,9-10,15H,2-4,7-8,11-14H2,1H3,(H,20,21,22). The number of para-hydroxylation sites is 1. The Hall–Kier alpha value is -1.88. The van der Waals surface area contributed by atoms with Gasteiger partial charge in [0.25, 0.3) is 0 Å². The number of hydrogen-bond acceptors (Lipinski definition) is 5. The molecule has 128 valence electrons. The fourth-order valence-corrected chi connectivity index (χ4v) is 3.76. The predicted octanol–water partition coefficient (Wildman–Crippen LogP) is 3.13. The molecule has 1 saturated carbocycles. The summed E-state index contributed by atoms with van der Waals surface area (Å²) >= 11 is 0. The van der Waals surface area contributed by atoms with Gasteiger partial charge in [-0.25, -0.2) is 4.98 Å². The van der Waals surface area contributed by atoms with Gasteiger partial charge in [-0.05, 0) is 32.0 Å². The van der Waals surface area contributed by atoms with Gasteiger partial charge in [-0.3, -0.25) is 0 Å². The van der Waals surface area contributed by atoms with Gasteiger partial charge in [-0.15, -0.1) is 0 Å². The van der Waals surface area contributed by atoms with Gasteiger partial charge in [-0.1, -0.05) is 31.4 Å². The average molecular weight is 325 g/mol. The van der Waals surface area contributed by atoms with Crippen LogP contribution in [-0.4, -0.2) is 54.1 Å². The summed E-state index contributed by atoms with van der Waals surface area (Å²) in [7, 11) is 2.18. The van der Waals surface area contributed by atoms with Crippen LogP contribution < -0.4 is 10.2 Å². The maximum atomic E-state index is 4.93. The number of anilines is 2. The van der Waals surface area contributed by atoms with Gasteiger partial charge < -0.3 is 15.1 Å². The molecule has 2 heterocycles. The van der Waals surface area contributed by atoms with Crippen LogP contribution in [0, 0.1) is 0 Å². The number of aromatic nitrogens is 2. The molecule has 1 aromatic heterocycles. The Kier molecular flexibility index (Phi) is 4.52. The van der Waals surface area contributed by atoms with Crippen LogP contribution in [0.1, 0.15) is 32.1 Å². The Bertz CT molecular complexity index is 687. The third kappa shape index (κ3) is 3.31. The molecule has 1 aromatic carbocycles. The molecule has 0 radical (unpaired) electrons. The van der Waals surface area contributed by atoms with E-state index in [9.17, 15) is 0 Å². The topological polar surface area (TPSA) is 44.3 Å². The molecule has 1 aliphatic carbocycles. The first-order valence-electron chi connectivity index (χ1n) is 9.26. The van der Waals surface area contributed by atoms with E-state index in [4.69, 9.17) is 9.97 Å². The minimum absolute atomic E-state index is 0.553. The smallest absolute Gasteiger partial charge is 0.227 e. The zero-order chi connectivity index (χ0) is 16.4. The Labute approximate surface area is 144 Å². The van der Waals surface area contributed by atoms with Crippen molar-refractivity contribution in [3.05, 3.63) is 24.3 Å². The molecule has 4 rings (SSSR count). The van der Waals surface area contributed by atoms with E-state index in [0.717, 1.165) is 48.8 Å². The number of hydrogen-bond donors (Lipinski definition) is 1. The zero-order valence-corrected chi connectivity index (χ0v) is 14.5. The van der Waals surface area contributed by atoms with E-state index < -0.39 is 0 Å². The third-order valence-electron chi connectivity index (χ3n) is 5.32. The number of rotatable bonds is 3. The number of nitrogens with zero attached hydrogens (tertiary/aromatic N) is 4. The largest absolute Gasteiger partial charge is 0.367 e. The van der Waals surface area contributed by atoms with Crippen LogP contribution >= 0.6 is 0 Å². The maximum Gasteiger partial charge on any atom is 0.227 e. The third-order valence-corrected chi connectivity index (χ3v) is 5.32. The minimum atomic E-state index is 0.553. The summed E-state index contributed by atoms with van der Waals surface area (Å²) in [4.78, 5) is 14.4. The second kappa shape index (κ2) is 6.93. The molecule has 2 aliphatic rings. The van der Waals surface area contributed by atoms with Crippen LogP contribution in [0.15, 0.2) is 24.3 Å². The Morgan fingerprint density at radius 3 is 2.50 bits per heavy atom. The average Bonchev–Trinajstić information content (AvgIpc) is 2.63. The van der Waals surface area contributed by atoms with Gasteiger partial charge in [0.1, 0.15) is 5.82 Å². The molecule has 24 heavy (non-hydrogen) atoms. The second-order valence-corrected chi connectivity index (χ2v) is 7.16. The summed E-state index contributed by atoms with van der Waals surface area (Å²) in [6.07, 6.45) is 6.53. The van der Waals surface area contributed by atoms with E-state index in [1.807, 2.05) is 0 Å². The van der Waals surface area contributed by atoms with Crippen molar-refractivity contribution in [1.29, 1.82) is 0 Å². The van der Waals surface area contributed by atoms with Crippen LogP contribution in [0.5, 0.6) is 0 Å². The highest BCUT2D eigenvalue weighted by Crippen LogP contribution is 2.27. The van der Waals surface area contributed by atoms with E-state index in [1.54, 1.807) is 0 Å². The van der Waals surface area contributed by atoms with Crippen molar-refractivity contribution in [1.82, 2.24) is 14.9 Å². The monoisotopic (exact) mass is 325 g/mol. The van der Waals surface area contributed by atoms with Gasteiger partial charge in [0.15, 0.2) is 0 Å². The lowest BCUT2D eigenvalue weighted by molar-refractivity contribution is 0.311. The molecule has 1 aliphatic heterocycles. The lowest BCUT2D eigenvalue weighted by Crippen LogP contribution is -2.45. The maximum absolute atomic E-state index is 4.93. The molecule has 0 unspecified atom stereocenters. The molecule has 5 nitrogen and oxygen atoms in total. The molecule has 5 heteroatoms. The summed E-state index contributed by atoms with van der Waals surface area (Å²) in [6.45, 7) is 4.14. The van der Waals surface area contributed by atoms with Crippen LogP contribution in [0.3, 0.4) is 0 Å². The van der Waals surface area contributed by atoms with Crippen molar-refractivity contribution in [3.63, 3.8) is 0 Å². The van der Waals surface area contributed by atoms with Crippen LogP contribution in [0.4, 0.5) is 11.8 Å². The van der Waals surface area contributed by atoms with Crippen molar-refractivity contribution in [2.24, 2.45) is 0 Å². The Morgan fingerprint density at radius 2 is 1.71 bits per heavy atom. The summed E-state index contributed by atoms with van der Waals surface area (Å²) in [5.74, 6) is 1.89. The van der Waals surface area contributed by atoms with Crippen molar-refractivity contribution in [2.75, 3.05) is 43.4 Å². The van der Waals surface area contributed by atoms with Crippen LogP contribution in [0.2, 0.25) is 0 Å². The number of likely N-dealkylation sites (N-methyl/N-ethyl adjacent to an activating group) is 1. The van der Waals surface area contributed by atoms with Gasteiger partial charge in [-0.2, -0.15) is 4.98 Å². The zero-order valence-electron chi connectivity index (χ0n) is 14.5. The normalized spacial score (nSPS) is 20.5. The van der Waals surface area contributed by atoms with Gasteiger partial charge in [0.05, 0.1) is 5.52 Å². The van der Waals surface area contributed by atoms with Gasteiger partial charge >= 0.3 is 0 Å². The first-order chi connectivity index (χ1) is 11.8. The first-order valence-corrected chi connectivity index (χ1v) is 9.26.